The highest BCUT2D eigenvalue weighted by atomic mass is 32.2. The highest BCUT2D eigenvalue weighted by Crippen LogP contribution is 2.25. The standard InChI is InChI=1S/C13H16F2N2OS/c1-17(10-6-7-16-8-10)12(18)9-2-4-11(5-3-9)19-13(14)15/h2-5,10,13,16H,6-8H2,1H3. The van der Waals surface area contributed by atoms with Crippen molar-refractivity contribution in [2.45, 2.75) is 23.1 Å². The third-order valence-electron chi connectivity index (χ3n) is 3.23. The van der Waals surface area contributed by atoms with E-state index < -0.39 is 5.76 Å². The molecule has 1 aliphatic rings. The number of benzene rings is 1. The Kier molecular flexibility index (Phi) is 4.76. The molecule has 0 saturated carbocycles. The molecular formula is C13H16F2N2OS. The SMILES string of the molecule is CN(C(=O)c1ccc(SC(F)F)cc1)C1CCNC1. The summed E-state index contributed by atoms with van der Waals surface area (Å²) in [5.74, 6) is -2.50. The number of rotatable bonds is 4. The van der Waals surface area contributed by atoms with E-state index in [4.69, 9.17) is 0 Å². The molecule has 1 unspecified atom stereocenters. The van der Waals surface area contributed by atoms with Crippen molar-refractivity contribution in [3.8, 4) is 0 Å². The molecule has 0 aromatic heterocycles. The maximum absolute atomic E-state index is 12.2. The van der Waals surface area contributed by atoms with Crippen LogP contribution in [0.5, 0.6) is 0 Å². The van der Waals surface area contributed by atoms with Crippen molar-refractivity contribution in [2.24, 2.45) is 0 Å². The lowest BCUT2D eigenvalue weighted by Crippen LogP contribution is -2.38. The van der Waals surface area contributed by atoms with Crippen molar-refractivity contribution in [2.75, 3.05) is 20.1 Å². The Morgan fingerprint density at radius 1 is 1.42 bits per heavy atom. The van der Waals surface area contributed by atoms with Crippen molar-refractivity contribution >= 4 is 17.7 Å². The average molecular weight is 286 g/mol. The Morgan fingerprint density at radius 3 is 2.63 bits per heavy atom. The number of nitrogens with zero attached hydrogens (tertiary/aromatic N) is 1. The summed E-state index contributed by atoms with van der Waals surface area (Å²) >= 11 is 0.484. The zero-order chi connectivity index (χ0) is 13.8. The lowest BCUT2D eigenvalue weighted by Gasteiger charge is -2.23. The van der Waals surface area contributed by atoms with Crippen molar-refractivity contribution < 1.29 is 13.6 Å². The van der Waals surface area contributed by atoms with Gasteiger partial charge in [0.1, 0.15) is 0 Å². The van der Waals surface area contributed by atoms with Gasteiger partial charge in [-0.05, 0) is 37.2 Å². The molecule has 1 aromatic carbocycles. The number of alkyl halides is 2. The van der Waals surface area contributed by atoms with E-state index in [9.17, 15) is 13.6 Å². The van der Waals surface area contributed by atoms with Crippen molar-refractivity contribution in [3.63, 3.8) is 0 Å². The molecule has 3 nitrogen and oxygen atoms in total. The maximum Gasteiger partial charge on any atom is 0.288 e. The van der Waals surface area contributed by atoms with Gasteiger partial charge in [-0.3, -0.25) is 4.79 Å². The zero-order valence-corrected chi connectivity index (χ0v) is 11.4. The Hall–Kier alpha value is -1.14. The van der Waals surface area contributed by atoms with Crippen LogP contribution in [0, 0.1) is 0 Å². The van der Waals surface area contributed by atoms with Crippen LogP contribution in [0.15, 0.2) is 29.2 Å². The van der Waals surface area contributed by atoms with Gasteiger partial charge >= 0.3 is 0 Å². The maximum atomic E-state index is 12.2. The minimum absolute atomic E-state index is 0.0673. The summed E-state index contributed by atoms with van der Waals surface area (Å²) in [6, 6.07) is 6.54. The molecular weight excluding hydrogens is 270 g/mol. The van der Waals surface area contributed by atoms with Gasteiger partial charge in [-0.1, -0.05) is 11.8 Å². The lowest BCUT2D eigenvalue weighted by molar-refractivity contribution is 0.0743. The highest BCUT2D eigenvalue weighted by Gasteiger charge is 2.23. The summed E-state index contributed by atoms with van der Waals surface area (Å²) in [5.41, 5.74) is 0.535. The molecule has 1 amide bonds. The number of amides is 1. The van der Waals surface area contributed by atoms with Gasteiger partial charge in [0.15, 0.2) is 0 Å². The van der Waals surface area contributed by atoms with Crippen LogP contribution in [0.2, 0.25) is 0 Å². The Morgan fingerprint density at radius 2 is 2.11 bits per heavy atom. The fourth-order valence-corrected chi connectivity index (χ4v) is 2.62. The van der Waals surface area contributed by atoms with Crippen LogP contribution in [-0.2, 0) is 0 Å². The lowest BCUT2D eigenvalue weighted by atomic mass is 10.1. The molecule has 1 heterocycles. The van der Waals surface area contributed by atoms with Crippen LogP contribution in [0.4, 0.5) is 8.78 Å². The zero-order valence-electron chi connectivity index (χ0n) is 10.6. The molecule has 104 valence electrons. The minimum Gasteiger partial charge on any atom is -0.337 e. The van der Waals surface area contributed by atoms with Crippen LogP contribution in [0.1, 0.15) is 16.8 Å². The van der Waals surface area contributed by atoms with Crippen molar-refractivity contribution in [1.29, 1.82) is 0 Å². The number of carbonyl (C=O) groups excluding carboxylic acids is 1. The molecule has 0 aliphatic carbocycles. The van der Waals surface area contributed by atoms with Crippen molar-refractivity contribution in [3.05, 3.63) is 29.8 Å². The van der Waals surface area contributed by atoms with Gasteiger partial charge in [0.25, 0.3) is 11.7 Å². The number of hydrogen-bond acceptors (Lipinski definition) is 3. The summed E-state index contributed by atoms with van der Waals surface area (Å²) < 4.78 is 24.4. The Bertz CT molecular complexity index is 433. The van der Waals surface area contributed by atoms with E-state index in [0.29, 0.717) is 22.2 Å². The molecule has 0 radical (unpaired) electrons. The molecule has 0 spiro atoms. The summed E-state index contributed by atoms with van der Waals surface area (Å²) in [4.78, 5) is 14.4. The predicted molar refractivity (Wildman–Crippen MR) is 71.7 cm³/mol. The molecule has 1 N–H and O–H groups in total. The van der Waals surface area contributed by atoms with Gasteiger partial charge in [0, 0.05) is 30.1 Å². The quantitative estimate of drug-likeness (QED) is 0.863. The van der Waals surface area contributed by atoms with Gasteiger partial charge in [0.05, 0.1) is 0 Å². The van der Waals surface area contributed by atoms with E-state index in [2.05, 4.69) is 5.32 Å². The predicted octanol–water partition coefficient (Wildman–Crippen LogP) is 2.44. The van der Waals surface area contributed by atoms with E-state index in [1.54, 1.807) is 36.2 Å². The molecule has 1 aliphatic heterocycles. The summed E-state index contributed by atoms with van der Waals surface area (Å²) in [7, 11) is 1.78. The molecule has 1 fully saturated rings. The van der Waals surface area contributed by atoms with Gasteiger partial charge in [0.2, 0.25) is 0 Å². The van der Waals surface area contributed by atoms with Gasteiger partial charge in [-0.25, -0.2) is 0 Å². The number of thioether (sulfide) groups is 1. The summed E-state index contributed by atoms with van der Waals surface area (Å²) in [5, 5.41) is 3.21. The normalized spacial score (nSPS) is 18.8. The molecule has 2 rings (SSSR count). The Balaban J connectivity index is 2.02. The van der Waals surface area contributed by atoms with Gasteiger partial charge < -0.3 is 10.2 Å². The molecule has 19 heavy (non-hydrogen) atoms. The highest BCUT2D eigenvalue weighted by molar-refractivity contribution is 7.99. The number of carbonyl (C=O) groups is 1. The second-order valence-electron chi connectivity index (χ2n) is 4.47. The second-order valence-corrected chi connectivity index (χ2v) is 5.53. The first-order valence-electron chi connectivity index (χ1n) is 6.10. The number of hydrogen-bond donors (Lipinski definition) is 1. The van der Waals surface area contributed by atoms with Crippen LogP contribution in [0.3, 0.4) is 0 Å². The number of nitrogens with one attached hydrogen (secondary N) is 1. The number of likely N-dealkylation sites (N-methyl/N-ethyl adjacent to an activating group) is 1. The minimum atomic E-state index is -2.44. The molecule has 1 atom stereocenters. The largest absolute Gasteiger partial charge is 0.337 e. The fourth-order valence-electron chi connectivity index (χ4n) is 2.12. The van der Waals surface area contributed by atoms with E-state index in [1.807, 2.05) is 0 Å². The molecule has 6 heteroatoms. The third-order valence-corrected chi connectivity index (χ3v) is 3.95. The average Bonchev–Trinajstić information content (AvgIpc) is 2.91. The number of halogens is 2. The second kappa shape index (κ2) is 6.34. The van der Waals surface area contributed by atoms with Gasteiger partial charge in [-0.2, -0.15) is 8.78 Å². The molecule has 1 saturated heterocycles. The van der Waals surface area contributed by atoms with E-state index in [-0.39, 0.29) is 11.9 Å². The van der Waals surface area contributed by atoms with E-state index in [0.717, 1.165) is 19.5 Å². The first kappa shape index (κ1) is 14.3. The van der Waals surface area contributed by atoms with Crippen LogP contribution < -0.4 is 5.32 Å². The first-order chi connectivity index (χ1) is 9.08. The van der Waals surface area contributed by atoms with Crippen LogP contribution >= 0.6 is 11.8 Å². The van der Waals surface area contributed by atoms with Gasteiger partial charge in [-0.15, -0.1) is 0 Å². The van der Waals surface area contributed by atoms with E-state index >= 15 is 0 Å². The molecule has 1 aromatic rings. The topological polar surface area (TPSA) is 32.3 Å². The Labute approximate surface area is 115 Å². The molecule has 0 bridgehead atoms. The third kappa shape index (κ3) is 3.67. The van der Waals surface area contributed by atoms with Crippen LogP contribution in [0.25, 0.3) is 0 Å². The summed E-state index contributed by atoms with van der Waals surface area (Å²) in [6.07, 6.45) is 0.946. The monoisotopic (exact) mass is 286 g/mol. The van der Waals surface area contributed by atoms with Crippen LogP contribution in [-0.4, -0.2) is 42.7 Å². The first-order valence-corrected chi connectivity index (χ1v) is 6.98. The van der Waals surface area contributed by atoms with E-state index in [1.165, 1.54) is 0 Å². The fraction of sp³-hybridized carbons (Fsp3) is 0.462. The smallest absolute Gasteiger partial charge is 0.288 e. The van der Waals surface area contributed by atoms with Crippen molar-refractivity contribution in [1.82, 2.24) is 10.2 Å². The summed E-state index contributed by atoms with van der Waals surface area (Å²) in [6.45, 7) is 1.73.